The van der Waals surface area contributed by atoms with Gasteiger partial charge in [-0.1, -0.05) is 6.92 Å². The first-order chi connectivity index (χ1) is 7.57. The molecule has 6 heteroatoms. The summed E-state index contributed by atoms with van der Waals surface area (Å²) < 4.78 is 5.01. The van der Waals surface area contributed by atoms with E-state index in [1.54, 1.807) is 0 Å². The van der Waals surface area contributed by atoms with Gasteiger partial charge < -0.3 is 20.5 Å². The molecule has 2 atom stereocenters. The van der Waals surface area contributed by atoms with Gasteiger partial charge in [-0.15, -0.1) is 0 Å². The average molecular weight is 230 g/mol. The van der Waals surface area contributed by atoms with Crippen molar-refractivity contribution in [2.24, 2.45) is 11.7 Å². The highest BCUT2D eigenvalue weighted by atomic mass is 16.5. The maximum atomic E-state index is 11.7. The lowest BCUT2D eigenvalue weighted by Gasteiger charge is -2.23. The van der Waals surface area contributed by atoms with Gasteiger partial charge in [-0.3, -0.25) is 4.79 Å². The summed E-state index contributed by atoms with van der Waals surface area (Å²) in [5.74, 6) is -1.22. The number of carboxylic acid groups (broad SMARTS) is 1. The van der Waals surface area contributed by atoms with Gasteiger partial charge in [-0.25, -0.2) is 4.79 Å². The van der Waals surface area contributed by atoms with Crippen molar-refractivity contribution in [1.29, 1.82) is 0 Å². The molecule has 0 aliphatic carbocycles. The van der Waals surface area contributed by atoms with E-state index in [1.807, 2.05) is 6.92 Å². The number of nitrogens with zero attached hydrogens (tertiary/aromatic N) is 1. The summed E-state index contributed by atoms with van der Waals surface area (Å²) >= 11 is 0. The third-order valence-corrected chi connectivity index (χ3v) is 2.76. The predicted octanol–water partition coefficient (Wildman–Crippen LogP) is -0.717. The Kier molecular flexibility index (Phi) is 4.70. The minimum atomic E-state index is -0.947. The van der Waals surface area contributed by atoms with Crippen molar-refractivity contribution in [3.05, 3.63) is 0 Å². The molecule has 1 heterocycles. The first-order valence-corrected chi connectivity index (χ1v) is 5.38. The highest BCUT2D eigenvalue weighted by Gasteiger charge is 2.39. The Hall–Kier alpha value is -1.14. The van der Waals surface area contributed by atoms with Crippen LogP contribution in [0.15, 0.2) is 0 Å². The van der Waals surface area contributed by atoms with Crippen molar-refractivity contribution >= 4 is 11.9 Å². The number of carbonyl (C=O) groups is 2. The number of carboxylic acids is 1. The van der Waals surface area contributed by atoms with Crippen LogP contribution in [0.2, 0.25) is 0 Å². The molecule has 6 nitrogen and oxygen atoms in total. The number of hydrogen-bond acceptors (Lipinski definition) is 4. The molecule has 92 valence electrons. The fourth-order valence-electron chi connectivity index (χ4n) is 1.93. The van der Waals surface area contributed by atoms with E-state index in [4.69, 9.17) is 15.6 Å². The minimum Gasteiger partial charge on any atom is -0.480 e. The molecule has 0 aromatic carbocycles. The molecule has 1 aliphatic heterocycles. The Morgan fingerprint density at radius 2 is 2.25 bits per heavy atom. The zero-order valence-electron chi connectivity index (χ0n) is 9.39. The summed E-state index contributed by atoms with van der Waals surface area (Å²) in [6, 6.07) is -0.714. The lowest BCUT2D eigenvalue weighted by atomic mass is 10.0. The van der Waals surface area contributed by atoms with Crippen LogP contribution < -0.4 is 5.73 Å². The largest absolute Gasteiger partial charge is 0.480 e. The Morgan fingerprint density at radius 1 is 1.56 bits per heavy atom. The summed E-state index contributed by atoms with van der Waals surface area (Å²) in [6.07, 6.45) is 0.722. The van der Waals surface area contributed by atoms with Crippen molar-refractivity contribution in [3.8, 4) is 0 Å². The monoisotopic (exact) mass is 230 g/mol. The van der Waals surface area contributed by atoms with E-state index in [9.17, 15) is 9.59 Å². The van der Waals surface area contributed by atoms with Gasteiger partial charge in [0.2, 0.25) is 5.91 Å². The lowest BCUT2D eigenvalue weighted by Crippen LogP contribution is -2.44. The third kappa shape index (κ3) is 2.93. The van der Waals surface area contributed by atoms with Crippen molar-refractivity contribution < 1.29 is 19.4 Å². The van der Waals surface area contributed by atoms with E-state index in [0.29, 0.717) is 19.7 Å². The maximum Gasteiger partial charge on any atom is 0.326 e. The average Bonchev–Trinajstić information content (AvgIpc) is 2.60. The molecule has 0 aromatic heterocycles. The fraction of sp³-hybridized carbons (Fsp3) is 0.800. The first kappa shape index (κ1) is 12.9. The van der Waals surface area contributed by atoms with E-state index >= 15 is 0 Å². The third-order valence-electron chi connectivity index (χ3n) is 2.76. The molecular weight excluding hydrogens is 212 g/mol. The Labute approximate surface area is 94.3 Å². The molecule has 1 saturated heterocycles. The normalized spacial score (nSPS) is 24.8. The molecule has 0 bridgehead atoms. The highest BCUT2D eigenvalue weighted by Crippen LogP contribution is 2.24. The second-order valence-corrected chi connectivity index (χ2v) is 3.98. The van der Waals surface area contributed by atoms with E-state index in [1.165, 1.54) is 4.90 Å². The van der Waals surface area contributed by atoms with Gasteiger partial charge in [0, 0.05) is 13.1 Å². The van der Waals surface area contributed by atoms with E-state index in [2.05, 4.69) is 0 Å². The van der Waals surface area contributed by atoms with Crippen molar-refractivity contribution in [3.63, 3.8) is 0 Å². The summed E-state index contributed by atoms with van der Waals surface area (Å²) in [5.41, 5.74) is 5.22. The summed E-state index contributed by atoms with van der Waals surface area (Å²) in [6.45, 7) is 2.91. The molecule has 1 aliphatic rings. The number of ether oxygens (including phenoxy) is 1. The topological polar surface area (TPSA) is 92.9 Å². The van der Waals surface area contributed by atoms with Crippen molar-refractivity contribution in [2.45, 2.75) is 19.4 Å². The van der Waals surface area contributed by atoms with Crippen molar-refractivity contribution in [1.82, 2.24) is 4.90 Å². The second-order valence-electron chi connectivity index (χ2n) is 3.98. The number of aliphatic carboxylic acids is 1. The summed E-state index contributed by atoms with van der Waals surface area (Å²) in [4.78, 5) is 24.1. The number of likely N-dealkylation sites (tertiary alicyclic amines) is 1. The maximum absolute atomic E-state index is 11.7. The van der Waals surface area contributed by atoms with Gasteiger partial charge in [0.15, 0.2) is 0 Å². The molecule has 1 rings (SSSR count). The highest BCUT2D eigenvalue weighted by molar-refractivity contribution is 5.85. The SMILES string of the molecule is CC1CCN(C(=O)COCCN)C1C(=O)O. The molecule has 1 amide bonds. The number of amides is 1. The lowest BCUT2D eigenvalue weighted by molar-refractivity contribution is -0.151. The zero-order chi connectivity index (χ0) is 12.1. The molecule has 1 fully saturated rings. The smallest absolute Gasteiger partial charge is 0.326 e. The fourth-order valence-corrected chi connectivity index (χ4v) is 1.93. The predicted molar refractivity (Wildman–Crippen MR) is 56.8 cm³/mol. The zero-order valence-corrected chi connectivity index (χ0v) is 9.39. The molecule has 0 spiro atoms. The summed E-state index contributed by atoms with van der Waals surface area (Å²) in [5, 5.41) is 9.02. The number of rotatable bonds is 5. The number of carbonyl (C=O) groups excluding carboxylic acids is 1. The molecular formula is C10H18N2O4. The van der Waals surface area contributed by atoms with Crippen LogP contribution in [0.25, 0.3) is 0 Å². The first-order valence-electron chi connectivity index (χ1n) is 5.38. The van der Waals surface area contributed by atoms with Gasteiger partial charge in [-0.05, 0) is 12.3 Å². The minimum absolute atomic E-state index is 0.00374. The molecule has 2 unspecified atom stereocenters. The second kappa shape index (κ2) is 5.81. The number of hydrogen-bond donors (Lipinski definition) is 2. The van der Waals surface area contributed by atoms with Crippen LogP contribution in [0, 0.1) is 5.92 Å². The quantitative estimate of drug-likeness (QED) is 0.608. The molecule has 3 N–H and O–H groups in total. The van der Waals surface area contributed by atoms with Crippen LogP contribution in [0.5, 0.6) is 0 Å². The van der Waals surface area contributed by atoms with E-state index < -0.39 is 12.0 Å². The summed E-state index contributed by atoms with van der Waals surface area (Å²) in [7, 11) is 0. The molecule has 16 heavy (non-hydrogen) atoms. The van der Waals surface area contributed by atoms with Crippen LogP contribution in [-0.4, -0.2) is 54.2 Å². The Morgan fingerprint density at radius 3 is 2.81 bits per heavy atom. The Balaban J connectivity index is 2.51. The Bertz CT molecular complexity index is 270. The van der Waals surface area contributed by atoms with Crippen molar-refractivity contribution in [2.75, 3.05) is 26.3 Å². The van der Waals surface area contributed by atoms with Gasteiger partial charge in [0.25, 0.3) is 0 Å². The molecule has 0 aromatic rings. The molecule has 0 saturated carbocycles. The molecule has 0 radical (unpaired) electrons. The van der Waals surface area contributed by atoms with Crippen LogP contribution in [0.4, 0.5) is 0 Å². The standard InChI is InChI=1S/C10H18N2O4/c1-7-2-4-12(9(7)10(14)15)8(13)6-16-5-3-11/h7,9H,2-6,11H2,1H3,(H,14,15). The van der Waals surface area contributed by atoms with Gasteiger partial charge in [-0.2, -0.15) is 0 Å². The van der Waals surface area contributed by atoms with Gasteiger partial charge in [0.1, 0.15) is 12.6 Å². The van der Waals surface area contributed by atoms with E-state index in [-0.39, 0.29) is 18.4 Å². The number of nitrogens with two attached hydrogens (primary N) is 1. The van der Waals surface area contributed by atoms with Crippen LogP contribution in [-0.2, 0) is 14.3 Å². The van der Waals surface area contributed by atoms with Crippen LogP contribution >= 0.6 is 0 Å². The van der Waals surface area contributed by atoms with Gasteiger partial charge >= 0.3 is 5.97 Å². The van der Waals surface area contributed by atoms with Crippen LogP contribution in [0.3, 0.4) is 0 Å². The van der Waals surface area contributed by atoms with Crippen LogP contribution in [0.1, 0.15) is 13.3 Å². The van der Waals surface area contributed by atoms with Gasteiger partial charge in [0.05, 0.1) is 6.61 Å². The van der Waals surface area contributed by atoms with E-state index in [0.717, 1.165) is 6.42 Å².